The highest BCUT2D eigenvalue weighted by Crippen LogP contribution is 2.11. The molecule has 0 unspecified atom stereocenters. The maximum atomic E-state index is 11.7. The zero-order chi connectivity index (χ0) is 13.7. The average Bonchev–Trinajstić information content (AvgIpc) is 2.46. The second-order valence-electron chi connectivity index (χ2n) is 4.45. The highest BCUT2D eigenvalue weighted by Gasteiger charge is 2.06. The Morgan fingerprint density at radius 3 is 2.47 bits per heavy atom. The summed E-state index contributed by atoms with van der Waals surface area (Å²) >= 11 is 0. The van der Waals surface area contributed by atoms with Crippen molar-refractivity contribution in [1.82, 2.24) is 9.88 Å². The number of amides is 1. The molecular weight excluding hydrogens is 238 g/mol. The predicted octanol–water partition coefficient (Wildman–Crippen LogP) is 2.40. The van der Waals surface area contributed by atoms with E-state index in [1.165, 1.54) is 0 Å². The maximum Gasteiger partial charge on any atom is 0.253 e. The Hall–Kier alpha value is -2.36. The Kier molecular flexibility index (Phi) is 4.13. The Morgan fingerprint density at radius 1 is 1.16 bits per heavy atom. The third-order valence-corrected chi connectivity index (χ3v) is 2.74. The Labute approximate surface area is 113 Å². The van der Waals surface area contributed by atoms with Gasteiger partial charge in [0, 0.05) is 31.5 Å². The van der Waals surface area contributed by atoms with Crippen molar-refractivity contribution in [3.63, 3.8) is 0 Å². The van der Waals surface area contributed by atoms with Crippen molar-refractivity contribution < 1.29 is 4.79 Å². The molecule has 2 aromatic rings. The summed E-state index contributed by atoms with van der Waals surface area (Å²) in [6.07, 6.45) is 1.77. The summed E-state index contributed by atoms with van der Waals surface area (Å²) in [7, 11) is 3.49. The fraction of sp³-hybridized carbons (Fsp3) is 0.200. The molecule has 0 aliphatic heterocycles. The SMILES string of the molecule is CN(C)C(=O)c1ccc(NCc2ccccn2)cc1. The smallest absolute Gasteiger partial charge is 0.253 e. The number of carbonyl (C=O) groups is 1. The van der Waals surface area contributed by atoms with Crippen LogP contribution >= 0.6 is 0 Å². The zero-order valence-electron chi connectivity index (χ0n) is 11.1. The lowest BCUT2D eigenvalue weighted by Gasteiger charge is -2.11. The van der Waals surface area contributed by atoms with Crippen LogP contribution in [0.25, 0.3) is 0 Å². The topological polar surface area (TPSA) is 45.2 Å². The highest BCUT2D eigenvalue weighted by molar-refractivity contribution is 5.94. The summed E-state index contributed by atoms with van der Waals surface area (Å²) in [5, 5.41) is 3.27. The zero-order valence-corrected chi connectivity index (χ0v) is 11.1. The standard InChI is InChI=1S/C15H17N3O/c1-18(2)15(19)12-6-8-13(9-7-12)17-11-14-5-3-4-10-16-14/h3-10,17H,11H2,1-2H3. The summed E-state index contributed by atoms with van der Waals surface area (Å²) in [6, 6.07) is 13.3. The third-order valence-electron chi connectivity index (χ3n) is 2.74. The van der Waals surface area contributed by atoms with Crippen LogP contribution in [0, 0.1) is 0 Å². The van der Waals surface area contributed by atoms with E-state index in [1.807, 2.05) is 42.5 Å². The van der Waals surface area contributed by atoms with Gasteiger partial charge in [0.25, 0.3) is 5.91 Å². The molecule has 98 valence electrons. The van der Waals surface area contributed by atoms with Crippen LogP contribution in [0.2, 0.25) is 0 Å². The van der Waals surface area contributed by atoms with Crippen molar-refractivity contribution in [3.05, 3.63) is 59.9 Å². The lowest BCUT2D eigenvalue weighted by atomic mass is 10.2. The van der Waals surface area contributed by atoms with Gasteiger partial charge in [0.05, 0.1) is 12.2 Å². The van der Waals surface area contributed by atoms with E-state index in [2.05, 4.69) is 10.3 Å². The van der Waals surface area contributed by atoms with Gasteiger partial charge in [0.2, 0.25) is 0 Å². The lowest BCUT2D eigenvalue weighted by molar-refractivity contribution is 0.0827. The van der Waals surface area contributed by atoms with Gasteiger partial charge < -0.3 is 10.2 Å². The number of aromatic nitrogens is 1. The first-order valence-corrected chi connectivity index (χ1v) is 6.12. The van der Waals surface area contributed by atoms with E-state index in [-0.39, 0.29) is 5.91 Å². The highest BCUT2D eigenvalue weighted by atomic mass is 16.2. The van der Waals surface area contributed by atoms with Crippen LogP contribution in [-0.2, 0) is 6.54 Å². The molecule has 0 atom stereocenters. The van der Waals surface area contributed by atoms with Gasteiger partial charge in [0.15, 0.2) is 0 Å². The molecule has 2 rings (SSSR count). The van der Waals surface area contributed by atoms with Crippen LogP contribution in [-0.4, -0.2) is 29.9 Å². The largest absolute Gasteiger partial charge is 0.379 e. The molecule has 19 heavy (non-hydrogen) atoms. The minimum absolute atomic E-state index is 0.0104. The first-order chi connectivity index (χ1) is 9.16. The summed E-state index contributed by atoms with van der Waals surface area (Å²) in [4.78, 5) is 17.5. The molecule has 0 bridgehead atoms. The molecule has 0 saturated heterocycles. The molecule has 1 N–H and O–H groups in total. The van der Waals surface area contributed by atoms with Gasteiger partial charge in [-0.2, -0.15) is 0 Å². The number of benzene rings is 1. The molecule has 1 amide bonds. The fourth-order valence-electron chi connectivity index (χ4n) is 1.68. The van der Waals surface area contributed by atoms with Gasteiger partial charge in [-0.15, -0.1) is 0 Å². The number of pyridine rings is 1. The Bertz CT molecular complexity index is 535. The third kappa shape index (κ3) is 3.55. The van der Waals surface area contributed by atoms with Crippen molar-refractivity contribution in [2.24, 2.45) is 0 Å². The van der Waals surface area contributed by atoms with Crippen molar-refractivity contribution >= 4 is 11.6 Å². The minimum atomic E-state index is 0.0104. The minimum Gasteiger partial charge on any atom is -0.379 e. The summed E-state index contributed by atoms with van der Waals surface area (Å²) < 4.78 is 0. The number of hydrogen-bond acceptors (Lipinski definition) is 3. The molecule has 0 aliphatic carbocycles. The van der Waals surface area contributed by atoms with Crippen LogP contribution in [0.5, 0.6) is 0 Å². The predicted molar refractivity (Wildman–Crippen MR) is 76.0 cm³/mol. The summed E-state index contributed by atoms with van der Waals surface area (Å²) in [6.45, 7) is 0.668. The van der Waals surface area contributed by atoms with Gasteiger partial charge in [-0.3, -0.25) is 9.78 Å². The van der Waals surface area contributed by atoms with Crippen molar-refractivity contribution in [1.29, 1.82) is 0 Å². The van der Waals surface area contributed by atoms with E-state index in [0.29, 0.717) is 12.1 Å². The van der Waals surface area contributed by atoms with Crippen LogP contribution < -0.4 is 5.32 Å². The van der Waals surface area contributed by atoms with Crippen molar-refractivity contribution in [3.8, 4) is 0 Å². The molecule has 0 radical (unpaired) electrons. The van der Waals surface area contributed by atoms with Crippen molar-refractivity contribution in [2.45, 2.75) is 6.54 Å². The van der Waals surface area contributed by atoms with E-state index >= 15 is 0 Å². The molecule has 1 aromatic carbocycles. The number of nitrogens with zero attached hydrogens (tertiary/aromatic N) is 2. The first kappa shape index (κ1) is 13.1. The number of anilines is 1. The second-order valence-corrected chi connectivity index (χ2v) is 4.45. The maximum absolute atomic E-state index is 11.7. The second kappa shape index (κ2) is 6.00. The van der Waals surface area contributed by atoms with Gasteiger partial charge >= 0.3 is 0 Å². The molecule has 0 aliphatic rings. The van der Waals surface area contributed by atoms with Crippen LogP contribution in [0.15, 0.2) is 48.7 Å². The molecule has 1 heterocycles. The molecule has 0 fully saturated rings. The first-order valence-electron chi connectivity index (χ1n) is 6.12. The normalized spacial score (nSPS) is 10.0. The van der Waals surface area contributed by atoms with Crippen molar-refractivity contribution in [2.75, 3.05) is 19.4 Å². The number of carbonyl (C=O) groups excluding carboxylic acids is 1. The molecule has 4 nitrogen and oxygen atoms in total. The average molecular weight is 255 g/mol. The summed E-state index contributed by atoms with van der Waals surface area (Å²) in [5.41, 5.74) is 2.64. The Morgan fingerprint density at radius 2 is 1.89 bits per heavy atom. The van der Waals surface area contributed by atoms with E-state index in [0.717, 1.165) is 11.4 Å². The van der Waals surface area contributed by atoms with Gasteiger partial charge in [-0.05, 0) is 36.4 Å². The molecule has 1 aromatic heterocycles. The Balaban J connectivity index is 1.98. The molecule has 4 heteroatoms. The quantitative estimate of drug-likeness (QED) is 0.912. The van der Waals surface area contributed by atoms with Gasteiger partial charge in [-0.1, -0.05) is 6.07 Å². The summed E-state index contributed by atoms with van der Waals surface area (Å²) in [5.74, 6) is 0.0104. The number of hydrogen-bond donors (Lipinski definition) is 1. The van der Waals surface area contributed by atoms with E-state index < -0.39 is 0 Å². The van der Waals surface area contributed by atoms with E-state index in [1.54, 1.807) is 25.2 Å². The van der Waals surface area contributed by atoms with Crippen LogP contribution in [0.4, 0.5) is 5.69 Å². The van der Waals surface area contributed by atoms with Crippen LogP contribution in [0.1, 0.15) is 16.1 Å². The van der Waals surface area contributed by atoms with Gasteiger partial charge in [-0.25, -0.2) is 0 Å². The molecular formula is C15H17N3O. The molecule has 0 spiro atoms. The molecule has 0 saturated carbocycles. The van der Waals surface area contributed by atoms with Gasteiger partial charge in [0.1, 0.15) is 0 Å². The number of nitrogens with one attached hydrogen (secondary N) is 1. The van der Waals surface area contributed by atoms with Crippen LogP contribution in [0.3, 0.4) is 0 Å². The lowest BCUT2D eigenvalue weighted by Crippen LogP contribution is -2.21. The monoisotopic (exact) mass is 255 g/mol. The van der Waals surface area contributed by atoms with E-state index in [9.17, 15) is 4.79 Å². The van der Waals surface area contributed by atoms with E-state index in [4.69, 9.17) is 0 Å². The number of rotatable bonds is 4. The fourth-order valence-corrected chi connectivity index (χ4v) is 1.68.